The van der Waals surface area contributed by atoms with Crippen LogP contribution in [-0.2, 0) is 0 Å². The van der Waals surface area contributed by atoms with Gasteiger partial charge in [0.05, 0.1) is 6.04 Å². The number of hydrogen-bond acceptors (Lipinski definition) is 2. The molecule has 1 saturated carbocycles. The van der Waals surface area contributed by atoms with E-state index in [1.807, 2.05) is 6.20 Å². The Labute approximate surface area is 80.1 Å². The molecule has 0 amide bonds. The first-order chi connectivity index (χ1) is 6.07. The molecule has 2 heteroatoms. The van der Waals surface area contributed by atoms with Crippen LogP contribution in [0.4, 0.5) is 0 Å². The first-order valence-electron chi connectivity index (χ1n) is 5.08. The molecule has 0 aromatic heterocycles. The van der Waals surface area contributed by atoms with Crippen molar-refractivity contribution in [2.75, 3.05) is 0 Å². The molecule has 72 valence electrons. The fourth-order valence-electron chi connectivity index (χ4n) is 1.54. The van der Waals surface area contributed by atoms with Gasteiger partial charge in [-0.2, -0.15) is 0 Å². The zero-order valence-electron chi connectivity index (χ0n) is 8.67. The van der Waals surface area contributed by atoms with Crippen LogP contribution in [0.2, 0.25) is 0 Å². The Bertz CT molecular complexity index is 254. The van der Waals surface area contributed by atoms with Gasteiger partial charge in [0, 0.05) is 12.1 Å². The highest BCUT2D eigenvalue weighted by Gasteiger charge is 2.32. The largest absolute Gasteiger partial charge is 0.367 e. The average Bonchev–Trinajstić information content (AvgIpc) is 2.85. The highest BCUT2D eigenvalue weighted by molar-refractivity contribution is 5.88. The fourth-order valence-corrected chi connectivity index (χ4v) is 1.54. The Hall–Kier alpha value is -0.790. The van der Waals surface area contributed by atoms with Gasteiger partial charge in [0.1, 0.15) is 5.84 Å². The monoisotopic (exact) mass is 178 g/mol. The average molecular weight is 178 g/mol. The van der Waals surface area contributed by atoms with Crippen molar-refractivity contribution in [3.05, 3.63) is 12.3 Å². The minimum atomic E-state index is 0.284. The summed E-state index contributed by atoms with van der Waals surface area (Å²) in [6.07, 6.45) is 6.75. The molecule has 1 N–H and O–H groups in total. The Morgan fingerprint density at radius 2 is 2.08 bits per heavy atom. The summed E-state index contributed by atoms with van der Waals surface area (Å²) in [6.45, 7) is 6.76. The molecule has 0 aromatic rings. The number of amidine groups is 1. The van der Waals surface area contributed by atoms with Crippen LogP contribution < -0.4 is 5.32 Å². The van der Waals surface area contributed by atoms with E-state index in [1.54, 1.807) is 0 Å². The van der Waals surface area contributed by atoms with Crippen molar-refractivity contribution >= 4 is 5.84 Å². The van der Waals surface area contributed by atoms with Crippen LogP contribution in [0.15, 0.2) is 17.3 Å². The lowest BCUT2D eigenvalue weighted by Crippen LogP contribution is -2.44. The van der Waals surface area contributed by atoms with E-state index in [0.29, 0.717) is 6.04 Å². The molecular formula is C11H18N2. The predicted octanol–water partition coefficient (Wildman–Crippen LogP) is 2.33. The molecule has 1 unspecified atom stereocenters. The summed E-state index contributed by atoms with van der Waals surface area (Å²) in [4.78, 5) is 4.38. The first-order valence-corrected chi connectivity index (χ1v) is 5.08. The van der Waals surface area contributed by atoms with Crippen LogP contribution in [0.25, 0.3) is 0 Å². The molecular weight excluding hydrogens is 160 g/mol. The van der Waals surface area contributed by atoms with Gasteiger partial charge in [-0.3, -0.25) is 0 Å². The van der Waals surface area contributed by atoms with Crippen LogP contribution in [0.5, 0.6) is 0 Å². The molecule has 0 saturated heterocycles. The molecule has 2 nitrogen and oxygen atoms in total. The third-order valence-corrected chi connectivity index (χ3v) is 2.69. The van der Waals surface area contributed by atoms with Gasteiger partial charge in [-0.15, -0.1) is 0 Å². The van der Waals surface area contributed by atoms with Crippen molar-refractivity contribution in [2.45, 2.75) is 39.7 Å². The Balaban J connectivity index is 2.05. The summed E-state index contributed by atoms with van der Waals surface area (Å²) in [5.74, 6) is 1.94. The van der Waals surface area contributed by atoms with E-state index in [9.17, 15) is 0 Å². The quantitative estimate of drug-likeness (QED) is 0.654. The van der Waals surface area contributed by atoms with Gasteiger partial charge in [0.25, 0.3) is 0 Å². The summed E-state index contributed by atoms with van der Waals surface area (Å²) >= 11 is 0. The molecule has 0 bridgehead atoms. The molecule has 0 spiro atoms. The number of hydrogen-bond donors (Lipinski definition) is 1. The number of rotatable bonds is 1. The van der Waals surface area contributed by atoms with Crippen LogP contribution in [0.1, 0.15) is 33.6 Å². The maximum absolute atomic E-state index is 4.38. The topological polar surface area (TPSA) is 24.4 Å². The highest BCUT2D eigenvalue weighted by atomic mass is 15.1. The second-order valence-corrected chi connectivity index (χ2v) is 5.12. The van der Waals surface area contributed by atoms with E-state index >= 15 is 0 Å². The molecule has 1 heterocycles. The Morgan fingerprint density at radius 1 is 1.38 bits per heavy atom. The predicted molar refractivity (Wildman–Crippen MR) is 55.7 cm³/mol. The molecule has 2 rings (SSSR count). The number of nitrogens with one attached hydrogen (secondary N) is 1. The van der Waals surface area contributed by atoms with Gasteiger partial charge >= 0.3 is 0 Å². The van der Waals surface area contributed by atoms with Crippen molar-refractivity contribution < 1.29 is 0 Å². The Morgan fingerprint density at radius 3 is 2.62 bits per heavy atom. The number of aliphatic imine (C=N–C) groups is 1. The second-order valence-electron chi connectivity index (χ2n) is 5.12. The lowest BCUT2D eigenvalue weighted by atomic mass is 9.86. The minimum Gasteiger partial charge on any atom is -0.367 e. The van der Waals surface area contributed by atoms with Crippen molar-refractivity contribution in [2.24, 2.45) is 16.3 Å². The van der Waals surface area contributed by atoms with E-state index in [2.05, 4.69) is 37.2 Å². The molecule has 1 aliphatic heterocycles. The van der Waals surface area contributed by atoms with E-state index < -0.39 is 0 Å². The molecule has 0 aromatic carbocycles. The summed E-state index contributed by atoms with van der Waals surface area (Å²) in [6, 6.07) is 0.445. The zero-order valence-corrected chi connectivity index (χ0v) is 8.67. The molecule has 1 aliphatic carbocycles. The first kappa shape index (κ1) is 8.79. The van der Waals surface area contributed by atoms with Gasteiger partial charge in [0.2, 0.25) is 0 Å². The lowest BCUT2D eigenvalue weighted by Gasteiger charge is -2.31. The third-order valence-electron chi connectivity index (χ3n) is 2.69. The summed E-state index contributed by atoms with van der Waals surface area (Å²) in [5, 5.41) is 3.52. The van der Waals surface area contributed by atoms with E-state index in [-0.39, 0.29) is 5.41 Å². The van der Waals surface area contributed by atoms with E-state index in [4.69, 9.17) is 0 Å². The maximum Gasteiger partial charge on any atom is 0.105 e. The smallest absolute Gasteiger partial charge is 0.105 e. The summed E-state index contributed by atoms with van der Waals surface area (Å²) < 4.78 is 0. The molecule has 1 fully saturated rings. The van der Waals surface area contributed by atoms with E-state index in [0.717, 1.165) is 5.92 Å². The van der Waals surface area contributed by atoms with Crippen molar-refractivity contribution in [1.82, 2.24) is 5.32 Å². The molecule has 13 heavy (non-hydrogen) atoms. The van der Waals surface area contributed by atoms with Crippen molar-refractivity contribution in [3.8, 4) is 0 Å². The van der Waals surface area contributed by atoms with E-state index in [1.165, 1.54) is 18.7 Å². The van der Waals surface area contributed by atoms with Gasteiger partial charge < -0.3 is 5.32 Å². The van der Waals surface area contributed by atoms with Crippen LogP contribution in [0.3, 0.4) is 0 Å². The van der Waals surface area contributed by atoms with Gasteiger partial charge in [-0.1, -0.05) is 20.8 Å². The number of nitrogens with zero attached hydrogens (tertiary/aromatic N) is 1. The SMILES string of the molecule is CC(C)(C)C1C=CN=C(C2CC2)N1. The van der Waals surface area contributed by atoms with Crippen molar-refractivity contribution in [1.29, 1.82) is 0 Å². The summed E-state index contributed by atoms with van der Waals surface area (Å²) in [7, 11) is 0. The molecule has 0 radical (unpaired) electrons. The molecule has 1 atom stereocenters. The van der Waals surface area contributed by atoms with Gasteiger partial charge in [0.15, 0.2) is 0 Å². The van der Waals surface area contributed by atoms with Gasteiger partial charge in [-0.05, 0) is 24.3 Å². The lowest BCUT2D eigenvalue weighted by molar-refractivity contribution is 0.339. The van der Waals surface area contributed by atoms with Crippen LogP contribution in [0, 0.1) is 11.3 Å². The van der Waals surface area contributed by atoms with Crippen LogP contribution >= 0.6 is 0 Å². The maximum atomic E-state index is 4.38. The normalized spacial score (nSPS) is 28.2. The van der Waals surface area contributed by atoms with Crippen molar-refractivity contribution in [3.63, 3.8) is 0 Å². The molecule has 2 aliphatic rings. The standard InChI is InChI=1S/C11H18N2/c1-11(2,3)9-6-7-12-10(13-9)8-4-5-8/h6-9H,4-5H2,1-3H3,(H,12,13). The second kappa shape index (κ2) is 2.86. The van der Waals surface area contributed by atoms with Gasteiger partial charge in [-0.25, -0.2) is 4.99 Å². The third kappa shape index (κ3) is 1.93. The highest BCUT2D eigenvalue weighted by Crippen LogP contribution is 2.32. The Kier molecular flexibility index (Phi) is 1.94. The summed E-state index contributed by atoms with van der Waals surface area (Å²) in [5.41, 5.74) is 0.284. The fraction of sp³-hybridized carbons (Fsp3) is 0.727. The van der Waals surface area contributed by atoms with Crippen LogP contribution in [-0.4, -0.2) is 11.9 Å². The zero-order chi connectivity index (χ0) is 9.47. The minimum absolute atomic E-state index is 0.284.